The zero-order chi connectivity index (χ0) is 32.9. The number of sulfone groups is 1. The SMILES string of the molecule is CCC1(C(=O)N2CC[C@](c3ccc(C(F)(C(F)(F)F)C(F)(F)F)cc3)(S(=O)(=O)c3ccc(F)cc3)C2)CCC(C(=O)O)CC1. The molecule has 15 heteroatoms. The van der Waals surface area contributed by atoms with Crippen molar-refractivity contribution in [1.29, 1.82) is 0 Å². The van der Waals surface area contributed by atoms with Crippen LogP contribution in [0, 0.1) is 17.2 Å². The van der Waals surface area contributed by atoms with Crippen LogP contribution in [0.25, 0.3) is 0 Å². The largest absolute Gasteiger partial charge is 0.481 e. The molecule has 242 valence electrons. The van der Waals surface area contributed by atoms with E-state index in [9.17, 15) is 58.2 Å². The van der Waals surface area contributed by atoms with Crippen molar-refractivity contribution in [3.8, 4) is 0 Å². The molecule has 1 N–H and O–H groups in total. The molecule has 0 unspecified atom stereocenters. The number of carbonyl (C=O) groups is 2. The molecule has 0 spiro atoms. The second-order valence-corrected chi connectivity index (χ2v) is 13.7. The first-order valence-electron chi connectivity index (χ1n) is 13.7. The summed E-state index contributed by atoms with van der Waals surface area (Å²) in [5, 5.41) is 9.37. The Morgan fingerprint density at radius 2 is 1.41 bits per heavy atom. The summed E-state index contributed by atoms with van der Waals surface area (Å²) >= 11 is 0. The van der Waals surface area contributed by atoms with Crippen molar-refractivity contribution < 1.29 is 58.2 Å². The number of amides is 1. The molecule has 2 aliphatic rings. The Balaban J connectivity index is 1.79. The van der Waals surface area contributed by atoms with Crippen LogP contribution < -0.4 is 0 Å². The van der Waals surface area contributed by atoms with Gasteiger partial charge < -0.3 is 10.0 Å². The minimum Gasteiger partial charge on any atom is -0.481 e. The van der Waals surface area contributed by atoms with E-state index < -0.39 is 78.6 Å². The number of nitrogens with zero attached hydrogens (tertiary/aromatic N) is 1. The van der Waals surface area contributed by atoms with Gasteiger partial charge in [-0.25, -0.2) is 17.2 Å². The number of hydrogen-bond donors (Lipinski definition) is 1. The number of carboxylic acids is 1. The van der Waals surface area contributed by atoms with Gasteiger partial charge in [0.2, 0.25) is 5.91 Å². The predicted molar refractivity (Wildman–Crippen MR) is 140 cm³/mol. The third-order valence-corrected chi connectivity index (χ3v) is 11.7. The van der Waals surface area contributed by atoms with Crippen LogP contribution in [0.3, 0.4) is 0 Å². The number of halogens is 8. The van der Waals surface area contributed by atoms with Gasteiger partial charge in [0.05, 0.1) is 10.8 Å². The Morgan fingerprint density at radius 3 is 1.86 bits per heavy atom. The highest BCUT2D eigenvalue weighted by Gasteiger charge is 2.73. The Kier molecular flexibility index (Phi) is 8.64. The van der Waals surface area contributed by atoms with Crippen LogP contribution >= 0.6 is 0 Å². The molecule has 44 heavy (non-hydrogen) atoms. The summed E-state index contributed by atoms with van der Waals surface area (Å²) in [5.41, 5.74) is -8.82. The average molecular weight is 656 g/mol. The number of aliphatic carboxylic acids is 1. The number of likely N-dealkylation sites (tertiary alicyclic amines) is 1. The van der Waals surface area contributed by atoms with Gasteiger partial charge >= 0.3 is 24.0 Å². The first-order chi connectivity index (χ1) is 20.3. The van der Waals surface area contributed by atoms with Crippen LogP contribution in [-0.4, -0.2) is 55.7 Å². The van der Waals surface area contributed by atoms with Crippen LogP contribution in [0.1, 0.15) is 56.6 Å². The van der Waals surface area contributed by atoms with Crippen molar-refractivity contribution in [1.82, 2.24) is 4.90 Å². The molecule has 1 saturated carbocycles. The van der Waals surface area contributed by atoms with Crippen LogP contribution in [0.15, 0.2) is 53.4 Å². The maximum absolute atomic E-state index is 14.7. The lowest BCUT2D eigenvalue weighted by Crippen LogP contribution is -2.50. The number of carbonyl (C=O) groups excluding carboxylic acids is 1. The summed E-state index contributed by atoms with van der Waals surface area (Å²) in [6, 6.07) is 5.41. The van der Waals surface area contributed by atoms with E-state index in [-0.39, 0.29) is 56.3 Å². The van der Waals surface area contributed by atoms with Gasteiger partial charge in [0.25, 0.3) is 0 Å². The number of alkyl halides is 7. The zero-order valence-electron chi connectivity index (χ0n) is 23.3. The summed E-state index contributed by atoms with van der Waals surface area (Å²) in [5.74, 6) is -2.86. The molecule has 1 saturated heterocycles. The highest BCUT2D eigenvalue weighted by Crippen LogP contribution is 2.54. The molecule has 6 nitrogen and oxygen atoms in total. The molecule has 1 aliphatic heterocycles. The minimum absolute atomic E-state index is 0.163. The standard InChI is InChI=1S/C29H29F8NO5S/c1-2-25(13-11-18(12-14-25)23(39)40)24(41)38-16-15-26(17-38,44(42,43)22-9-7-21(30)8-10-22)19-3-5-20(6-4-19)27(31,28(32,33)34)29(35,36)37/h3-10,18H,2,11-17H2,1H3,(H,39,40)/t18?,25?,26-/m0/s1. The van der Waals surface area contributed by atoms with Crippen molar-refractivity contribution in [3.05, 3.63) is 65.5 Å². The Morgan fingerprint density at radius 1 is 0.886 bits per heavy atom. The van der Waals surface area contributed by atoms with Crippen molar-refractivity contribution >= 4 is 21.7 Å². The molecule has 0 aromatic heterocycles. The quantitative estimate of drug-likeness (QED) is 0.265. The highest BCUT2D eigenvalue weighted by molar-refractivity contribution is 7.92. The normalized spacial score (nSPS) is 25.2. The van der Waals surface area contributed by atoms with Crippen LogP contribution in [0.2, 0.25) is 0 Å². The smallest absolute Gasteiger partial charge is 0.435 e. The second-order valence-electron chi connectivity index (χ2n) is 11.4. The lowest BCUT2D eigenvalue weighted by Gasteiger charge is -2.40. The van der Waals surface area contributed by atoms with E-state index in [0.29, 0.717) is 18.6 Å². The van der Waals surface area contributed by atoms with Gasteiger partial charge in [-0.1, -0.05) is 31.2 Å². The first-order valence-corrected chi connectivity index (χ1v) is 15.2. The molecule has 2 aromatic rings. The van der Waals surface area contributed by atoms with Crippen LogP contribution in [-0.2, 0) is 29.8 Å². The molecule has 4 rings (SSSR count). The van der Waals surface area contributed by atoms with Gasteiger partial charge in [0.1, 0.15) is 10.6 Å². The fourth-order valence-electron chi connectivity index (χ4n) is 6.37. The number of benzene rings is 2. The van der Waals surface area contributed by atoms with Crippen molar-refractivity contribution in [2.24, 2.45) is 11.3 Å². The van der Waals surface area contributed by atoms with Gasteiger partial charge in [0, 0.05) is 24.1 Å². The van der Waals surface area contributed by atoms with Gasteiger partial charge in [-0.2, -0.15) is 26.3 Å². The fourth-order valence-corrected chi connectivity index (χ4v) is 8.45. The van der Waals surface area contributed by atoms with Crippen molar-refractivity contribution in [3.63, 3.8) is 0 Å². The number of hydrogen-bond acceptors (Lipinski definition) is 4. The Hall–Kier alpha value is -3.23. The average Bonchev–Trinajstić information content (AvgIpc) is 3.43. The van der Waals surface area contributed by atoms with E-state index in [1.807, 2.05) is 0 Å². The van der Waals surface area contributed by atoms with E-state index in [4.69, 9.17) is 0 Å². The molecular weight excluding hydrogens is 626 g/mol. The van der Waals surface area contributed by atoms with Gasteiger partial charge in [-0.3, -0.25) is 9.59 Å². The minimum atomic E-state index is -6.38. The summed E-state index contributed by atoms with van der Waals surface area (Å²) < 4.78 is 135. The lowest BCUT2D eigenvalue weighted by molar-refractivity contribution is -0.348. The third kappa shape index (κ3) is 5.34. The molecule has 1 atom stereocenters. The van der Waals surface area contributed by atoms with Gasteiger partial charge in [0.15, 0.2) is 9.84 Å². The molecule has 2 fully saturated rings. The van der Waals surface area contributed by atoms with E-state index in [0.717, 1.165) is 24.3 Å². The van der Waals surface area contributed by atoms with Crippen molar-refractivity contribution in [2.45, 2.75) is 73.1 Å². The zero-order valence-corrected chi connectivity index (χ0v) is 24.1. The van der Waals surface area contributed by atoms with E-state index in [2.05, 4.69) is 0 Å². The Labute approximate surface area is 248 Å². The fraction of sp³-hybridized carbons (Fsp3) is 0.517. The van der Waals surface area contributed by atoms with E-state index in [1.165, 1.54) is 4.90 Å². The molecule has 1 heterocycles. The summed E-state index contributed by atoms with van der Waals surface area (Å²) in [7, 11) is -4.60. The molecule has 0 radical (unpaired) electrons. The molecule has 0 bridgehead atoms. The summed E-state index contributed by atoms with van der Waals surface area (Å²) in [4.78, 5) is 26.2. The lowest BCUT2D eigenvalue weighted by atomic mass is 9.68. The maximum Gasteiger partial charge on any atom is 0.435 e. The van der Waals surface area contributed by atoms with E-state index >= 15 is 0 Å². The van der Waals surface area contributed by atoms with E-state index in [1.54, 1.807) is 6.92 Å². The molecule has 2 aromatic carbocycles. The first kappa shape index (κ1) is 33.7. The molecule has 1 aliphatic carbocycles. The van der Waals surface area contributed by atoms with Crippen LogP contribution in [0.5, 0.6) is 0 Å². The molecule has 1 amide bonds. The predicted octanol–water partition coefficient (Wildman–Crippen LogP) is 6.69. The summed E-state index contributed by atoms with van der Waals surface area (Å²) in [6.07, 6.45) is -11.9. The van der Waals surface area contributed by atoms with Gasteiger partial charge in [-0.05, 0) is 68.4 Å². The Bertz CT molecular complexity index is 1480. The third-order valence-electron chi connectivity index (χ3n) is 9.17. The number of rotatable bonds is 7. The maximum atomic E-state index is 14.7. The van der Waals surface area contributed by atoms with Crippen LogP contribution in [0.4, 0.5) is 35.1 Å². The van der Waals surface area contributed by atoms with Crippen molar-refractivity contribution in [2.75, 3.05) is 13.1 Å². The summed E-state index contributed by atoms with van der Waals surface area (Å²) in [6.45, 7) is 1.03. The monoisotopic (exact) mass is 655 g/mol. The van der Waals surface area contributed by atoms with Gasteiger partial charge in [-0.15, -0.1) is 0 Å². The number of carboxylic acid groups (broad SMARTS) is 1. The second kappa shape index (κ2) is 11.3. The molecular formula is C29H29F8NO5S. The highest BCUT2D eigenvalue weighted by atomic mass is 32.2. The topological polar surface area (TPSA) is 91.8 Å².